The van der Waals surface area contributed by atoms with Crippen LogP contribution in [0.3, 0.4) is 0 Å². The van der Waals surface area contributed by atoms with Gasteiger partial charge in [0, 0.05) is 23.7 Å². The van der Waals surface area contributed by atoms with E-state index in [1.54, 1.807) is 19.4 Å². The van der Waals surface area contributed by atoms with Crippen molar-refractivity contribution in [2.75, 3.05) is 33.4 Å². The quantitative estimate of drug-likeness (QED) is 0.335. The molecule has 0 aromatic heterocycles. The molecule has 1 aliphatic carbocycles. The Morgan fingerprint density at radius 1 is 1.38 bits per heavy atom. The number of nitriles is 1. The molecule has 1 saturated carbocycles. The molecule has 0 spiro atoms. The van der Waals surface area contributed by atoms with Gasteiger partial charge in [-0.1, -0.05) is 25.6 Å². The second-order valence-electron chi connectivity index (χ2n) is 10.3. The van der Waals surface area contributed by atoms with E-state index in [4.69, 9.17) is 4.74 Å². The molecule has 2 aliphatic rings. The second-order valence-corrected chi connectivity index (χ2v) is 11.4. The molecule has 1 aromatic rings. The Kier molecular flexibility index (Phi) is 11.2. The smallest absolute Gasteiger partial charge is 0.407 e. The van der Waals surface area contributed by atoms with Crippen molar-refractivity contribution in [3.8, 4) is 11.8 Å². The summed E-state index contributed by atoms with van der Waals surface area (Å²) < 4.78 is 5.35. The van der Waals surface area contributed by atoms with E-state index in [9.17, 15) is 15.2 Å². The Balaban J connectivity index is 1.55. The lowest BCUT2D eigenvalue weighted by molar-refractivity contribution is 0.125. The number of benzene rings is 1. The molecule has 3 rings (SSSR count). The number of thioether (sulfide) groups is 1. The Morgan fingerprint density at radius 3 is 2.85 bits per heavy atom. The highest BCUT2D eigenvalue weighted by atomic mass is 32.2. The minimum absolute atomic E-state index is 0.299. The fourth-order valence-electron chi connectivity index (χ4n) is 5.16. The summed E-state index contributed by atoms with van der Waals surface area (Å²) in [6.45, 7) is 14.6. The van der Waals surface area contributed by atoms with E-state index >= 15 is 0 Å². The molecule has 2 atom stereocenters. The number of carbonyl (C=O) groups is 1. The van der Waals surface area contributed by atoms with Gasteiger partial charge in [-0.05, 0) is 97.5 Å². The number of amides is 1. The first kappa shape index (κ1) is 30.0. The van der Waals surface area contributed by atoms with Crippen LogP contribution in [0.15, 0.2) is 71.3 Å². The third-order valence-corrected chi connectivity index (χ3v) is 8.19. The van der Waals surface area contributed by atoms with Crippen molar-refractivity contribution in [3.63, 3.8) is 0 Å². The summed E-state index contributed by atoms with van der Waals surface area (Å²) in [5.74, 6) is 1.60. The van der Waals surface area contributed by atoms with Crippen molar-refractivity contribution in [2.45, 2.75) is 39.5 Å². The average molecular weight is 549 g/mol. The molecular weight excluding hydrogens is 508 g/mol. The van der Waals surface area contributed by atoms with Gasteiger partial charge in [-0.2, -0.15) is 5.26 Å². The minimum Gasteiger partial charge on any atom is -0.496 e. The van der Waals surface area contributed by atoms with Crippen molar-refractivity contribution in [2.24, 2.45) is 11.8 Å². The Labute approximate surface area is 237 Å². The summed E-state index contributed by atoms with van der Waals surface area (Å²) in [5, 5.41) is 24.5. The molecule has 2 N–H and O–H groups in total. The van der Waals surface area contributed by atoms with Crippen molar-refractivity contribution < 1.29 is 14.6 Å². The molecule has 0 radical (unpaired) electrons. The number of aryl methyl sites for hydroxylation is 1. The summed E-state index contributed by atoms with van der Waals surface area (Å²) in [6.07, 6.45) is 8.63. The first-order valence-corrected chi connectivity index (χ1v) is 14.2. The van der Waals surface area contributed by atoms with Gasteiger partial charge in [-0.3, -0.25) is 0 Å². The van der Waals surface area contributed by atoms with Gasteiger partial charge in [0.05, 0.1) is 32.0 Å². The third-order valence-electron chi connectivity index (χ3n) is 7.26. The number of hydrogen-bond donors (Lipinski definition) is 2. The van der Waals surface area contributed by atoms with Gasteiger partial charge in [-0.15, -0.1) is 11.8 Å². The Bertz CT molecular complexity index is 1200. The van der Waals surface area contributed by atoms with Gasteiger partial charge in [0.25, 0.3) is 0 Å². The monoisotopic (exact) mass is 548 g/mol. The number of methoxy groups -OCH3 is 1. The topological polar surface area (TPSA) is 88.8 Å². The van der Waals surface area contributed by atoms with Crippen LogP contribution in [0.5, 0.6) is 5.75 Å². The molecule has 1 fully saturated rings. The molecule has 0 bridgehead atoms. The lowest BCUT2D eigenvalue weighted by atomic mass is 9.81. The van der Waals surface area contributed by atoms with E-state index in [1.165, 1.54) is 16.7 Å². The Hall–Kier alpha value is -3.57. The zero-order valence-electron chi connectivity index (χ0n) is 23.3. The number of nitrogens with one attached hydrogen (secondary N) is 1. The maximum absolute atomic E-state index is 12.1. The maximum atomic E-state index is 12.1. The molecule has 0 saturated heterocycles. The van der Waals surface area contributed by atoms with Crippen LogP contribution in [0, 0.1) is 30.1 Å². The van der Waals surface area contributed by atoms with Gasteiger partial charge >= 0.3 is 6.09 Å². The van der Waals surface area contributed by atoms with E-state index in [0.717, 1.165) is 65.3 Å². The normalized spacial score (nSPS) is 21.9. The zero-order valence-corrected chi connectivity index (χ0v) is 24.1. The van der Waals surface area contributed by atoms with Crippen LogP contribution in [-0.4, -0.2) is 54.4 Å². The number of ether oxygens (including phenoxy) is 1. The van der Waals surface area contributed by atoms with Gasteiger partial charge < -0.3 is 25.0 Å². The molecule has 8 heteroatoms. The van der Waals surface area contributed by atoms with Gasteiger partial charge in [0.2, 0.25) is 0 Å². The molecular formula is C31H40N4O3S. The standard InChI is InChI=1S/C31H40N4O3S/c1-22-13-29(9-10-30(22)38-5)23(2)20-39-25(4)17-34(31(36)37)18-27-7-6-8-28(15-27)19-35-21-33-12-11-26(16-32)14-24(35)3/h9-14,20,27-28,33H,3-4,6-8,15,17-19,21H2,1-2,5H3,(H,36,37)/b12-11-,23-20+,26-14+. The molecule has 208 valence electrons. The molecule has 1 amide bonds. The summed E-state index contributed by atoms with van der Waals surface area (Å²) >= 11 is 1.48. The van der Waals surface area contributed by atoms with Crippen LogP contribution >= 0.6 is 11.8 Å². The minimum atomic E-state index is -0.910. The predicted molar refractivity (Wildman–Crippen MR) is 160 cm³/mol. The van der Waals surface area contributed by atoms with Crippen LogP contribution in [-0.2, 0) is 0 Å². The van der Waals surface area contributed by atoms with Crippen LogP contribution in [0.1, 0.15) is 43.7 Å². The maximum Gasteiger partial charge on any atom is 0.407 e. The van der Waals surface area contributed by atoms with Crippen molar-refractivity contribution >= 4 is 23.4 Å². The largest absolute Gasteiger partial charge is 0.496 e. The zero-order chi connectivity index (χ0) is 28.4. The Morgan fingerprint density at radius 2 is 2.15 bits per heavy atom. The summed E-state index contributed by atoms with van der Waals surface area (Å²) in [5.41, 5.74) is 4.65. The lowest BCUT2D eigenvalue weighted by Gasteiger charge is -2.36. The molecule has 1 aliphatic heterocycles. The molecule has 1 heterocycles. The van der Waals surface area contributed by atoms with Gasteiger partial charge in [0.1, 0.15) is 5.75 Å². The number of rotatable bonds is 10. The third kappa shape index (κ3) is 9.00. The van der Waals surface area contributed by atoms with Gasteiger partial charge in [0.15, 0.2) is 0 Å². The SMILES string of the molecule is C=C(CN(CC1CCCC(CN2CN/C=C\C(C#N)=C/C2=C)C1)C(=O)O)S/C=C(\C)c1ccc(OC)c(C)c1. The van der Waals surface area contributed by atoms with E-state index in [0.29, 0.717) is 37.2 Å². The fourth-order valence-corrected chi connectivity index (χ4v) is 5.87. The van der Waals surface area contributed by atoms with Crippen molar-refractivity contribution in [1.82, 2.24) is 15.1 Å². The number of nitrogens with zero attached hydrogens (tertiary/aromatic N) is 3. The summed E-state index contributed by atoms with van der Waals surface area (Å²) in [4.78, 5) is 16.6. The van der Waals surface area contributed by atoms with Crippen molar-refractivity contribution in [1.29, 1.82) is 5.26 Å². The van der Waals surface area contributed by atoms with E-state index in [2.05, 4.69) is 35.5 Å². The lowest BCUT2D eigenvalue weighted by Crippen LogP contribution is -2.39. The van der Waals surface area contributed by atoms with E-state index in [1.807, 2.05) is 37.5 Å². The molecule has 2 unspecified atom stereocenters. The average Bonchev–Trinajstić information content (AvgIpc) is 2.91. The first-order chi connectivity index (χ1) is 18.7. The number of hydrogen-bond acceptors (Lipinski definition) is 6. The number of allylic oxidation sites excluding steroid dienone is 4. The second kappa shape index (κ2) is 14.5. The summed E-state index contributed by atoms with van der Waals surface area (Å²) in [6, 6.07) is 8.25. The number of carboxylic acid groups (broad SMARTS) is 1. The highest BCUT2D eigenvalue weighted by Crippen LogP contribution is 2.32. The van der Waals surface area contributed by atoms with Crippen molar-refractivity contribution in [3.05, 3.63) is 82.4 Å². The van der Waals surface area contributed by atoms with Crippen LogP contribution in [0.2, 0.25) is 0 Å². The van der Waals surface area contributed by atoms with Crippen LogP contribution < -0.4 is 10.1 Å². The molecule has 1 aromatic carbocycles. The predicted octanol–water partition coefficient (Wildman–Crippen LogP) is 6.74. The van der Waals surface area contributed by atoms with Crippen LogP contribution in [0.4, 0.5) is 4.79 Å². The first-order valence-electron chi connectivity index (χ1n) is 13.3. The summed E-state index contributed by atoms with van der Waals surface area (Å²) in [7, 11) is 1.67. The van der Waals surface area contributed by atoms with E-state index in [-0.39, 0.29) is 0 Å². The van der Waals surface area contributed by atoms with E-state index < -0.39 is 6.09 Å². The molecule has 7 nitrogen and oxygen atoms in total. The highest BCUT2D eigenvalue weighted by Gasteiger charge is 2.27. The van der Waals surface area contributed by atoms with Gasteiger partial charge in [-0.25, -0.2) is 4.79 Å². The fraction of sp³-hybridized carbons (Fsp3) is 0.419. The molecule has 39 heavy (non-hydrogen) atoms. The van der Waals surface area contributed by atoms with Crippen LogP contribution in [0.25, 0.3) is 5.57 Å². The highest BCUT2D eigenvalue weighted by molar-refractivity contribution is 8.06.